The largest absolute Gasteiger partial charge is 0.381 e. The summed E-state index contributed by atoms with van der Waals surface area (Å²) in [6, 6.07) is 10.1. The average molecular weight is 409 g/mol. The van der Waals surface area contributed by atoms with Gasteiger partial charge in [-0.05, 0) is 42.7 Å². The molecular weight excluding hydrogens is 389 g/mol. The van der Waals surface area contributed by atoms with Crippen molar-refractivity contribution in [3.05, 3.63) is 64.0 Å². The number of hydrogen-bond donors (Lipinski definition) is 2. The molecule has 10 heteroatoms. The standard InChI is InChI=1S/C18H20FN3O5S/c19-14-6-4-13(5-7-14)18(8-10-27-11-9-18)12-21-15-2-1-3-16(28(20,25)26)17(15)22(23)24/h1-7,21H,8-12H2,(H2,20,25,26). The summed E-state index contributed by atoms with van der Waals surface area (Å²) in [6.07, 6.45) is 1.27. The lowest BCUT2D eigenvalue weighted by Gasteiger charge is -2.38. The molecule has 3 rings (SSSR count). The highest BCUT2D eigenvalue weighted by Gasteiger charge is 2.35. The Morgan fingerprint density at radius 1 is 1.18 bits per heavy atom. The number of nitrogens with two attached hydrogens (primary N) is 1. The van der Waals surface area contributed by atoms with Crippen molar-refractivity contribution in [1.29, 1.82) is 0 Å². The lowest BCUT2D eigenvalue weighted by Crippen LogP contribution is -2.40. The molecule has 150 valence electrons. The molecule has 1 fully saturated rings. The van der Waals surface area contributed by atoms with Crippen molar-refractivity contribution in [3.8, 4) is 0 Å². The summed E-state index contributed by atoms with van der Waals surface area (Å²) < 4.78 is 42.2. The van der Waals surface area contributed by atoms with Gasteiger partial charge in [-0.15, -0.1) is 0 Å². The molecule has 1 heterocycles. The summed E-state index contributed by atoms with van der Waals surface area (Å²) >= 11 is 0. The number of nitrogens with one attached hydrogen (secondary N) is 1. The van der Waals surface area contributed by atoms with E-state index in [1.807, 2.05) is 0 Å². The van der Waals surface area contributed by atoms with E-state index in [1.54, 1.807) is 12.1 Å². The van der Waals surface area contributed by atoms with Crippen LogP contribution < -0.4 is 10.5 Å². The molecule has 0 aromatic heterocycles. The van der Waals surface area contributed by atoms with Crippen LogP contribution >= 0.6 is 0 Å². The Morgan fingerprint density at radius 3 is 2.39 bits per heavy atom. The molecule has 0 bridgehead atoms. The van der Waals surface area contributed by atoms with Gasteiger partial charge in [-0.25, -0.2) is 17.9 Å². The number of primary sulfonamides is 1. The first-order valence-corrected chi connectivity index (χ1v) is 10.2. The molecule has 1 aliphatic heterocycles. The van der Waals surface area contributed by atoms with Gasteiger partial charge in [-0.3, -0.25) is 10.1 Å². The zero-order valence-electron chi connectivity index (χ0n) is 14.9. The third-order valence-corrected chi connectivity index (χ3v) is 5.95. The Labute approximate surface area is 161 Å². The van der Waals surface area contributed by atoms with E-state index >= 15 is 0 Å². The highest BCUT2D eigenvalue weighted by Crippen LogP contribution is 2.37. The summed E-state index contributed by atoms with van der Waals surface area (Å²) in [5, 5.41) is 19.7. The minimum Gasteiger partial charge on any atom is -0.381 e. The number of hydrogen-bond acceptors (Lipinski definition) is 6. The van der Waals surface area contributed by atoms with Crippen LogP contribution in [0.5, 0.6) is 0 Å². The fourth-order valence-electron chi connectivity index (χ4n) is 3.48. The molecule has 0 amide bonds. The van der Waals surface area contributed by atoms with Crippen LogP contribution in [-0.2, 0) is 20.2 Å². The van der Waals surface area contributed by atoms with E-state index in [4.69, 9.17) is 9.88 Å². The maximum Gasteiger partial charge on any atom is 0.312 e. The fourth-order valence-corrected chi connectivity index (χ4v) is 4.20. The monoisotopic (exact) mass is 409 g/mol. The molecule has 8 nitrogen and oxygen atoms in total. The summed E-state index contributed by atoms with van der Waals surface area (Å²) in [6.45, 7) is 1.29. The van der Waals surface area contributed by atoms with Gasteiger partial charge in [0.05, 0.1) is 4.92 Å². The van der Waals surface area contributed by atoms with Crippen molar-refractivity contribution >= 4 is 21.4 Å². The number of sulfonamides is 1. The van der Waals surface area contributed by atoms with Gasteiger partial charge in [0.15, 0.2) is 4.90 Å². The number of anilines is 1. The van der Waals surface area contributed by atoms with Crippen molar-refractivity contribution in [2.75, 3.05) is 25.1 Å². The molecule has 1 saturated heterocycles. The minimum absolute atomic E-state index is 0.0597. The van der Waals surface area contributed by atoms with E-state index in [2.05, 4.69) is 5.32 Å². The third-order valence-electron chi connectivity index (χ3n) is 5.01. The average Bonchev–Trinajstić information content (AvgIpc) is 2.66. The second kappa shape index (κ2) is 7.82. The van der Waals surface area contributed by atoms with Gasteiger partial charge in [0.2, 0.25) is 10.0 Å². The number of para-hydroxylation sites is 1. The van der Waals surface area contributed by atoms with Crippen molar-refractivity contribution in [3.63, 3.8) is 0 Å². The number of ether oxygens (including phenoxy) is 1. The van der Waals surface area contributed by atoms with Gasteiger partial charge < -0.3 is 10.1 Å². The smallest absolute Gasteiger partial charge is 0.312 e. The Balaban J connectivity index is 1.96. The van der Waals surface area contributed by atoms with Crippen molar-refractivity contribution in [2.24, 2.45) is 5.14 Å². The lowest BCUT2D eigenvalue weighted by atomic mass is 9.74. The maximum atomic E-state index is 13.3. The molecule has 2 aromatic rings. The maximum absolute atomic E-state index is 13.3. The Morgan fingerprint density at radius 2 is 1.82 bits per heavy atom. The van der Waals surface area contributed by atoms with E-state index in [-0.39, 0.29) is 18.0 Å². The van der Waals surface area contributed by atoms with Crippen LogP contribution in [0.2, 0.25) is 0 Å². The normalized spacial score (nSPS) is 16.5. The predicted molar refractivity (Wildman–Crippen MR) is 101 cm³/mol. The molecular formula is C18H20FN3O5S. The van der Waals surface area contributed by atoms with Crippen LogP contribution in [0.25, 0.3) is 0 Å². The third kappa shape index (κ3) is 4.13. The number of rotatable bonds is 6. The van der Waals surface area contributed by atoms with Gasteiger partial charge in [0.1, 0.15) is 11.5 Å². The fraction of sp³-hybridized carbons (Fsp3) is 0.333. The molecule has 0 atom stereocenters. The van der Waals surface area contributed by atoms with Gasteiger partial charge in [0, 0.05) is 25.2 Å². The number of halogens is 1. The first-order valence-electron chi connectivity index (χ1n) is 8.61. The quantitative estimate of drug-likeness (QED) is 0.558. The van der Waals surface area contributed by atoms with E-state index in [9.17, 15) is 22.9 Å². The number of nitrogens with zero attached hydrogens (tertiary/aromatic N) is 1. The molecule has 3 N–H and O–H groups in total. The van der Waals surface area contributed by atoms with Crippen molar-refractivity contribution in [1.82, 2.24) is 0 Å². The summed E-state index contributed by atoms with van der Waals surface area (Å²) in [5.74, 6) is -0.351. The van der Waals surface area contributed by atoms with Gasteiger partial charge >= 0.3 is 5.69 Å². The Kier molecular flexibility index (Phi) is 5.64. The number of nitro benzene ring substituents is 1. The van der Waals surface area contributed by atoms with Crippen LogP contribution in [0.15, 0.2) is 47.4 Å². The SMILES string of the molecule is NS(=O)(=O)c1cccc(NCC2(c3ccc(F)cc3)CCOCC2)c1[N+](=O)[O-]. The summed E-state index contributed by atoms with van der Waals surface area (Å²) in [5.41, 5.74) is -0.0806. The second-order valence-corrected chi connectivity index (χ2v) is 8.24. The van der Waals surface area contributed by atoms with Gasteiger partial charge in [-0.1, -0.05) is 18.2 Å². The van der Waals surface area contributed by atoms with Crippen LogP contribution in [0.4, 0.5) is 15.8 Å². The number of benzene rings is 2. The molecule has 0 saturated carbocycles. The zero-order chi connectivity index (χ0) is 20.4. The van der Waals surface area contributed by atoms with E-state index in [0.717, 1.165) is 11.6 Å². The predicted octanol–water partition coefficient (Wildman–Crippen LogP) is 2.54. The van der Waals surface area contributed by atoms with E-state index in [0.29, 0.717) is 26.1 Å². The van der Waals surface area contributed by atoms with Gasteiger partial charge in [-0.2, -0.15) is 0 Å². The molecule has 0 unspecified atom stereocenters. The molecule has 0 spiro atoms. The highest BCUT2D eigenvalue weighted by molar-refractivity contribution is 7.89. The van der Waals surface area contributed by atoms with Crippen LogP contribution in [-0.4, -0.2) is 33.1 Å². The minimum atomic E-state index is -4.26. The van der Waals surface area contributed by atoms with Crippen molar-refractivity contribution in [2.45, 2.75) is 23.2 Å². The van der Waals surface area contributed by atoms with Crippen LogP contribution in [0.1, 0.15) is 18.4 Å². The van der Waals surface area contributed by atoms with Crippen LogP contribution in [0.3, 0.4) is 0 Å². The van der Waals surface area contributed by atoms with Gasteiger partial charge in [0.25, 0.3) is 0 Å². The van der Waals surface area contributed by atoms with E-state index in [1.165, 1.54) is 24.3 Å². The second-order valence-electron chi connectivity index (χ2n) is 6.71. The Hall–Kier alpha value is -2.56. The molecule has 0 aliphatic carbocycles. The molecule has 28 heavy (non-hydrogen) atoms. The topological polar surface area (TPSA) is 125 Å². The lowest BCUT2D eigenvalue weighted by molar-refractivity contribution is -0.386. The van der Waals surface area contributed by atoms with Crippen molar-refractivity contribution < 1.29 is 22.5 Å². The van der Waals surface area contributed by atoms with E-state index < -0.39 is 30.9 Å². The number of nitro groups is 1. The van der Waals surface area contributed by atoms with Crippen LogP contribution in [0, 0.1) is 15.9 Å². The summed E-state index contributed by atoms with van der Waals surface area (Å²) in [7, 11) is -4.26. The molecule has 2 aromatic carbocycles. The molecule has 0 radical (unpaired) electrons. The zero-order valence-corrected chi connectivity index (χ0v) is 15.7. The molecule has 1 aliphatic rings. The first kappa shape index (κ1) is 20.2. The first-order chi connectivity index (χ1) is 13.2. The summed E-state index contributed by atoms with van der Waals surface area (Å²) in [4.78, 5) is 10.2. The Bertz CT molecular complexity index is 973. The highest BCUT2D eigenvalue weighted by atomic mass is 32.2.